The van der Waals surface area contributed by atoms with E-state index in [9.17, 15) is 5.11 Å². The number of hydrogen-bond acceptors (Lipinski definition) is 5. The summed E-state index contributed by atoms with van der Waals surface area (Å²) in [7, 11) is 1.68. The molecule has 4 rings (SSSR count). The van der Waals surface area contributed by atoms with Gasteiger partial charge in [0.1, 0.15) is 18.1 Å². The maximum absolute atomic E-state index is 9.68. The lowest BCUT2D eigenvalue weighted by Gasteiger charge is -2.29. The number of pyridine rings is 1. The Bertz CT molecular complexity index is 826. The van der Waals surface area contributed by atoms with E-state index in [4.69, 9.17) is 9.47 Å². The van der Waals surface area contributed by atoms with Crippen LogP contribution in [-0.2, 0) is 6.61 Å². The molecule has 1 aromatic carbocycles. The highest BCUT2D eigenvalue weighted by atomic mass is 16.5. The largest absolute Gasteiger partial charge is 0.497 e. The molecule has 5 nitrogen and oxygen atoms in total. The van der Waals surface area contributed by atoms with Gasteiger partial charge in [-0.05, 0) is 49.1 Å². The van der Waals surface area contributed by atoms with Gasteiger partial charge < -0.3 is 19.5 Å². The summed E-state index contributed by atoms with van der Waals surface area (Å²) in [5, 5.41) is 9.68. The van der Waals surface area contributed by atoms with E-state index in [0.29, 0.717) is 6.61 Å². The van der Waals surface area contributed by atoms with E-state index < -0.39 is 0 Å². The lowest BCUT2D eigenvalue weighted by atomic mass is 9.95. The van der Waals surface area contributed by atoms with Crippen molar-refractivity contribution in [1.29, 1.82) is 0 Å². The van der Waals surface area contributed by atoms with Gasteiger partial charge in [0, 0.05) is 37.0 Å². The molecule has 1 saturated heterocycles. The van der Waals surface area contributed by atoms with Gasteiger partial charge in [0.2, 0.25) is 0 Å². The average Bonchev–Trinajstić information content (AvgIpc) is 2.86. The number of aromatic nitrogens is 1. The number of likely N-dealkylation sites (tertiary alicyclic amines) is 1. The van der Waals surface area contributed by atoms with Crippen molar-refractivity contribution in [3.8, 4) is 11.5 Å². The minimum atomic E-state index is -0.129. The summed E-state index contributed by atoms with van der Waals surface area (Å²) < 4.78 is 11.5. The predicted molar refractivity (Wildman–Crippen MR) is 105 cm³/mol. The number of rotatable bonds is 4. The van der Waals surface area contributed by atoms with Crippen LogP contribution in [0.25, 0.3) is 5.57 Å². The number of ether oxygens (including phenoxy) is 2. The number of aliphatic hydroxyl groups excluding tert-OH is 1. The van der Waals surface area contributed by atoms with Crippen LogP contribution >= 0.6 is 0 Å². The molecule has 0 spiro atoms. The molecule has 2 aliphatic heterocycles. The molecule has 0 atom stereocenters. The quantitative estimate of drug-likeness (QED) is 0.900. The van der Waals surface area contributed by atoms with Crippen LogP contribution in [0.2, 0.25) is 0 Å². The molecule has 27 heavy (non-hydrogen) atoms. The van der Waals surface area contributed by atoms with Gasteiger partial charge in [0.05, 0.1) is 18.9 Å². The van der Waals surface area contributed by atoms with Gasteiger partial charge in [-0.1, -0.05) is 12.1 Å². The van der Waals surface area contributed by atoms with Crippen LogP contribution in [0, 0.1) is 0 Å². The van der Waals surface area contributed by atoms with Crippen molar-refractivity contribution < 1.29 is 14.6 Å². The maximum Gasteiger partial charge on any atom is 0.131 e. The Hall–Kier alpha value is -2.37. The van der Waals surface area contributed by atoms with Crippen LogP contribution < -0.4 is 9.47 Å². The van der Waals surface area contributed by atoms with Crippen molar-refractivity contribution in [3.63, 3.8) is 0 Å². The molecule has 0 unspecified atom stereocenters. The second kappa shape index (κ2) is 8.11. The van der Waals surface area contributed by atoms with Crippen LogP contribution in [-0.4, -0.2) is 47.8 Å². The zero-order valence-corrected chi connectivity index (χ0v) is 15.7. The molecule has 0 radical (unpaired) electrons. The number of piperidine rings is 1. The van der Waals surface area contributed by atoms with E-state index in [0.717, 1.165) is 72.8 Å². The third-order valence-electron chi connectivity index (χ3n) is 5.37. The zero-order valence-electron chi connectivity index (χ0n) is 15.7. The average molecular weight is 366 g/mol. The SMILES string of the molecule is COc1ccc2c(c1)/C(=C/CCN1CCC(O)CC1)c1cccnc1CO2. The van der Waals surface area contributed by atoms with Gasteiger partial charge in [-0.2, -0.15) is 0 Å². The van der Waals surface area contributed by atoms with Crippen LogP contribution in [0.1, 0.15) is 36.1 Å². The summed E-state index contributed by atoms with van der Waals surface area (Å²) in [6, 6.07) is 10.0. The van der Waals surface area contributed by atoms with E-state index >= 15 is 0 Å². The van der Waals surface area contributed by atoms with Crippen LogP contribution in [0.4, 0.5) is 0 Å². The summed E-state index contributed by atoms with van der Waals surface area (Å²) in [6.07, 6.45) is 6.66. The number of methoxy groups -OCH3 is 1. The standard InChI is InChI=1S/C22H26N2O3/c1-26-17-6-7-22-20(14-17)18(19-4-2-10-23-21(19)15-27-22)5-3-11-24-12-8-16(25)9-13-24/h2,4-7,10,14,16,25H,3,8-9,11-13,15H2,1H3/b18-5+. The minimum Gasteiger partial charge on any atom is -0.497 e. The first kappa shape index (κ1) is 18.0. The van der Waals surface area contributed by atoms with Crippen LogP contribution in [0.5, 0.6) is 11.5 Å². The van der Waals surface area contributed by atoms with E-state index in [2.05, 4.69) is 22.0 Å². The number of benzene rings is 1. The van der Waals surface area contributed by atoms with Gasteiger partial charge in [0.25, 0.3) is 0 Å². The molecule has 2 aromatic rings. The topological polar surface area (TPSA) is 54.8 Å². The molecule has 0 saturated carbocycles. The van der Waals surface area contributed by atoms with E-state index in [1.807, 2.05) is 30.5 Å². The summed E-state index contributed by atoms with van der Waals surface area (Å²) in [5.74, 6) is 1.68. The van der Waals surface area contributed by atoms with Crippen molar-refractivity contribution in [1.82, 2.24) is 9.88 Å². The van der Waals surface area contributed by atoms with Gasteiger partial charge in [-0.15, -0.1) is 0 Å². The number of aliphatic hydroxyl groups is 1. The second-order valence-electron chi connectivity index (χ2n) is 7.13. The molecule has 3 heterocycles. The highest BCUT2D eigenvalue weighted by molar-refractivity contribution is 5.85. The fourth-order valence-electron chi connectivity index (χ4n) is 3.82. The molecule has 1 fully saturated rings. The number of nitrogens with zero attached hydrogens (tertiary/aromatic N) is 2. The van der Waals surface area contributed by atoms with E-state index in [1.165, 1.54) is 0 Å². The molecule has 0 aliphatic carbocycles. The Kier molecular flexibility index (Phi) is 5.41. The summed E-state index contributed by atoms with van der Waals surface area (Å²) in [5.41, 5.74) is 4.29. The smallest absolute Gasteiger partial charge is 0.131 e. The molecule has 0 bridgehead atoms. The molecular weight excluding hydrogens is 340 g/mol. The molecular formula is C22H26N2O3. The highest BCUT2D eigenvalue weighted by Crippen LogP contribution is 2.38. The number of fused-ring (bicyclic) bond motifs is 2. The Morgan fingerprint density at radius 3 is 2.93 bits per heavy atom. The Labute approximate surface area is 160 Å². The minimum absolute atomic E-state index is 0.129. The molecule has 5 heteroatoms. The third kappa shape index (κ3) is 3.99. The first-order valence-corrected chi connectivity index (χ1v) is 9.60. The first-order valence-electron chi connectivity index (χ1n) is 9.60. The van der Waals surface area contributed by atoms with Crippen LogP contribution in [0.15, 0.2) is 42.6 Å². The van der Waals surface area contributed by atoms with E-state index in [1.54, 1.807) is 7.11 Å². The van der Waals surface area contributed by atoms with Crippen molar-refractivity contribution >= 4 is 5.57 Å². The Morgan fingerprint density at radius 1 is 1.26 bits per heavy atom. The van der Waals surface area contributed by atoms with Crippen molar-refractivity contribution in [2.75, 3.05) is 26.7 Å². The predicted octanol–water partition coefficient (Wildman–Crippen LogP) is 3.26. The van der Waals surface area contributed by atoms with Gasteiger partial charge >= 0.3 is 0 Å². The normalized spacial score (nSPS) is 19.1. The third-order valence-corrected chi connectivity index (χ3v) is 5.37. The molecule has 142 valence electrons. The van der Waals surface area contributed by atoms with E-state index in [-0.39, 0.29) is 6.10 Å². The lowest BCUT2D eigenvalue weighted by Crippen LogP contribution is -2.36. The van der Waals surface area contributed by atoms with Crippen molar-refractivity contribution in [3.05, 3.63) is 59.4 Å². The fraction of sp³-hybridized carbons (Fsp3) is 0.409. The maximum atomic E-state index is 9.68. The van der Waals surface area contributed by atoms with Gasteiger partial charge in [0.15, 0.2) is 0 Å². The Morgan fingerprint density at radius 2 is 2.11 bits per heavy atom. The van der Waals surface area contributed by atoms with Crippen molar-refractivity contribution in [2.24, 2.45) is 0 Å². The van der Waals surface area contributed by atoms with Gasteiger partial charge in [-0.25, -0.2) is 0 Å². The first-order chi connectivity index (χ1) is 13.2. The highest BCUT2D eigenvalue weighted by Gasteiger charge is 2.21. The molecule has 1 N–H and O–H groups in total. The Balaban J connectivity index is 1.63. The fourth-order valence-corrected chi connectivity index (χ4v) is 3.82. The summed E-state index contributed by atoms with van der Waals surface area (Å²) in [4.78, 5) is 6.95. The molecule has 2 aliphatic rings. The zero-order chi connectivity index (χ0) is 18.6. The molecule has 0 amide bonds. The lowest BCUT2D eigenvalue weighted by molar-refractivity contribution is 0.0835. The number of hydrogen-bond donors (Lipinski definition) is 1. The van der Waals surface area contributed by atoms with Crippen LogP contribution in [0.3, 0.4) is 0 Å². The van der Waals surface area contributed by atoms with Crippen molar-refractivity contribution in [2.45, 2.75) is 32.0 Å². The summed E-state index contributed by atoms with van der Waals surface area (Å²) in [6.45, 7) is 3.40. The van der Waals surface area contributed by atoms with Gasteiger partial charge in [-0.3, -0.25) is 4.98 Å². The monoisotopic (exact) mass is 366 g/mol. The summed E-state index contributed by atoms with van der Waals surface area (Å²) >= 11 is 0. The molecule has 1 aromatic heterocycles. The second-order valence-corrected chi connectivity index (χ2v) is 7.13.